The van der Waals surface area contributed by atoms with Crippen molar-refractivity contribution in [2.24, 2.45) is 5.92 Å². The molecule has 3 aromatic rings. The molecule has 1 aromatic carbocycles. The Kier molecular flexibility index (Phi) is 5.67. The molecule has 29 heavy (non-hydrogen) atoms. The normalized spacial score (nSPS) is 16.5. The van der Waals surface area contributed by atoms with Gasteiger partial charge in [-0.2, -0.15) is 0 Å². The maximum Gasteiger partial charge on any atom is 0.229 e. The van der Waals surface area contributed by atoms with Crippen molar-refractivity contribution in [3.8, 4) is 17.2 Å². The molecule has 3 heterocycles. The molecular weight excluding hydrogens is 392 g/mol. The molecule has 1 amide bonds. The number of methoxy groups -OCH3 is 1. The predicted octanol–water partition coefficient (Wildman–Crippen LogP) is 4.25. The summed E-state index contributed by atoms with van der Waals surface area (Å²) in [7, 11) is 1.56. The fourth-order valence-electron chi connectivity index (χ4n) is 3.46. The Morgan fingerprint density at radius 3 is 2.90 bits per heavy atom. The third-order valence-electron chi connectivity index (χ3n) is 4.96. The summed E-state index contributed by atoms with van der Waals surface area (Å²) < 4.78 is 10.7. The zero-order valence-electron chi connectivity index (χ0n) is 16.0. The number of nitrogens with one attached hydrogen (secondary N) is 1. The number of piperidine rings is 1. The fourth-order valence-corrected chi connectivity index (χ4v) is 3.63. The van der Waals surface area contributed by atoms with Crippen LogP contribution in [0.15, 0.2) is 53.1 Å². The van der Waals surface area contributed by atoms with Crippen molar-refractivity contribution in [3.63, 3.8) is 0 Å². The molecule has 1 atom stereocenters. The smallest absolute Gasteiger partial charge is 0.229 e. The van der Waals surface area contributed by atoms with Crippen molar-refractivity contribution in [1.82, 2.24) is 10.2 Å². The molecule has 150 valence electrons. The second-order valence-corrected chi connectivity index (χ2v) is 7.31. The highest BCUT2D eigenvalue weighted by Crippen LogP contribution is 2.29. The lowest BCUT2D eigenvalue weighted by Crippen LogP contribution is -2.41. The van der Waals surface area contributed by atoms with Crippen LogP contribution < -0.4 is 15.0 Å². The maximum atomic E-state index is 12.8. The van der Waals surface area contributed by atoms with E-state index in [1.165, 1.54) is 0 Å². The number of amides is 1. The number of carbonyl (C=O) groups excluding carboxylic acids is 1. The number of benzene rings is 1. The molecule has 1 aliphatic heterocycles. The third kappa shape index (κ3) is 4.35. The lowest BCUT2D eigenvalue weighted by molar-refractivity contribution is -0.120. The SMILES string of the molecule is COc1ccc(Cl)cc1NC(=O)C1CCCN(c2ccc(-c3ccco3)nn2)C1. The van der Waals surface area contributed by atoms with Gasteiger partial charge in [0.25, 0.3) is 0 Å². The first-order valence-electron chi connectivity index (χ1n) is 9.41. The van der Waals surface area contributed by atoms with Gasteiger partial charge >= 0.3 is 0 Å². The van der Waals surface area contributed by atoms with Gasteiger partial charge in [-0.15, -0.1) is 10.2 Å². The van der Waals surface area contributed by atoms with Gasteiger partial charge in [0, 0.05) is 18.1 Å². The van der Waals surface area contributed by atoms with Crippen LogP contribution in [0, 0.1) is 5.92 Å². The molecule has 1 N–H and O–H groups in total. The third-order valence-corrected chi connectivity index (χ3v) is 5.19. The molecule has 0 aliphatic carbocycles. The number of anilines is 2. The molecular formula is C21H21ClN4O3. The average molecular weight is 413 g/mol. The Bertz CT molecular complexity index is 976. The Balaban J connectivity index is 1.44. The van der Waals surface area contributed by atoms with Crippen LogP contribution in [0.4, 0.5) is 11.5 Å². The number of hydrogen-bond donors (Lipinski definition) is 1. The van der Waals surface area contributed by atoms with Gasteiger partial charge in [-0.1, -0.05) is 11.6 Å². The van der Waals surface area contributed by atoms with Gasteiger partial charge in [0.05, 0.1) is 25.0 Å². The lowest BCUT2D eigenvalue weighted by Gasteiger charge is -2.32. The summed E-state index contributed by atoms with van der Waals surface area (Å²) in [5, 5.41) is 12.1. The van der Waals surface area contributed by atoms with E-state index in [2.05, 4.69) is 20.4 Å². The zero-order valence-corrected chi connectivity index (χ0v) is 16.7. The highest BCUT2D eigenvalue weighted by molar-refractivity contribution is 6.31. The number of hydrogen-bond acceptors (Lipinski definition) is 6. The average Bonchev–Trinajstić information content (AvgIpc) is 3.29. The van der Waals surface area contributed by atoms with Crippen LogP contribution in [0.1, 0.15) is 12.8 Å². The van der Waals surface area contributed by atoms with Crippen LogP contribution >= 0.6 is 11.6 Å². The van der Waals surface area contributed by atoms with Crippen molar-refractivity contribution in [3.05, 3.63) is 53.8 Å². The van der Waals surface area contributed by atoms with Gasteiger partial charge in [-0.3, -0.25) is 4.79 Å². The van der Waals surface area contributed by atoms with Gasteiger partial charge < -0.3 is 19.4 Å². The monoisotopic (exact) mass is 412 g/mol. The second-order valence-electron chi connectivity index (χ2n) is 6.87. The lowest BCUT2D eigenvalue weighted by atomic mass is 9.97. The minimum atomic E-state index is -0.168. The molecule has 1 saturated heterocycles. The predicted molar refractivity (Wildman–Crippen MR) is 111 cm³/mol. The van der Waals surface area contributed by atoms with E-state index in [1.54, 1.807) is 31.6 Å². The van der Waals surface area contributed by atoms with E-state index in [0.717, 1.165) is 25.2 Å². The second kappa shape index (κ2) is 8.53. The van der Waals surface area contributed by atoms with Gasteiger partial charge in [0.1, 0.15) is 11.4 Å². The molecule has 1 fully saturated rings. The number of halogens is 1. The van der Waals surface area contributed by atoms with E-state index in [0.29, 0.717) is 34.5 Å². The number of furan rings is 1. The molecule has 0 saturated carbocycles. The summed E-state index contributed by atoms with van der Waals surface area (Å²) in [6.07, 6.45) is 3.31. The van der Waals surface area contributed by atoms with Crippen LogP contribution in [0.5, 0.6) is 5.75 Å². The van der Waals surface area contributed by atoms with Crippen molar-refractivity contribution in [1.29, 1.82) is 0 Å². The quantitative estimate of drug-likeness (QED) is 0.674. The van der Waals surface area contributed by atoms with E-state index in [-0.39, 0.29) is 11.8 Å². The minimum absolute atomic E-state index is 0.0598. The Labute approximate surface area is 173 Å². The molecule has 1 aliphatic rings. The summed E-state index contributed by atoms with van der Waals surface area (Å²) in [4.78, 5) is 14.9. The van der Waals surface area contributed by atoms with Crippen LogP contribution in [0.25, 0.3) is 11.5 Å². The maximum absolute atomic E-state index is 12.8. The van der Waals surface area contributed by atoms with Crippen molar-refractivity contribution in [2.75, 3.05) is 30.4 Å². The molecule has 0 bridgehead atoms. The number of nitrogens with zero attached hydrogens (tertiary/aromatic N) is 3. The van der Waals surface area contributed by atoms with Crippen LogP contribution in [-0.4, -0.2) is 36.3 Å². The summed E-state index contributed by atoms with van der Waals surface area (Å²) in [6.45, 7) is 1.41. The van der Waals surface area contributed by atoms with E-state index < -0.39 is 0 Å². The standard InChI is InChI=1S/C21H21ClN4O3/c1-28-18-8-6-15(22)12-17(18)23-21(27)14-4-2-10-26(13-14)20-9-7-16(24-25-20)19-5-3-11-29-19/h3,5-9,11-12,14H,2,4,10,13H2,1H3,(H,23,27). The molecule has 8 heteroatoms. The number of carbonyl (C=O) groups is 1. The number of ether oxygens (including phenoxy) is 1. The van der Waals surface area contributed by atoms with Crippen LogP contribution in [0.3, 0.4) is 0 Å². The van der Waals surface area contributed by atoms with Crippen molar-refractivity contribution < 1.29 is 13.9 Å². The van der Waals surface area contributed by atoms with E-state index in [1.807, 2.05) is 24.3 Å². The van der Waals surface area contributed by atoms with Crippen molar-refractivity contribution >= 4 is 29.0 Å². The number of aromatic nitrogens is 2. The Morgan fingerprint density at radius 1 is 1.28 bits per heavy atom. The summed E-state index contributed by atoms with van der Waals surface area (Å²) in [5.41, 5.74) is 1.25. The summed E-state index contributed by atoms with van der Waals surface area (Å²) in [5.74, 6) is 1.78. The van der Waals surface area contributed by atoms with Gasteiger partial charge in [0.2, 0.25) is 5.91 Å². The molecule has 0 radical (unpaired) electrons. The van der Waals surface area contributed by atoms with E-state index in [4.69, 9.17) is 20.8 Å². The number of rotatable bonds is 5. The highest BCUT2D eigenvalue weighted by Gasteiger charge is 2.27. The zero-order chi connectivity index (χ0) is 20.2. The Hall–Kier alpha value is -3.06. The van der Waals surface area contributed by atoms with Gasteiger partial charge in [0.15, 0.2) is 11.6 Å². The first-order valence-corrected chi connectivity index (χ1v) is 9.79. The van der Waals surface area contributed by atoms with E-state index >= 15 is 0 Å². The first kappa shape index (κ1) is 19.3. The molecule has 1 unspecified atom stereocenters. The molecule has 2 aromatic heterocycles. The Morgan fingerprint density at radius 2 is 2.17 bits per heavy atom. The van der Waals surface area contributed by atoms with Crippen molar-refractivity contribution in [2.45, 2.75) is 12.8 Å². The van der Waals surface area contributed by atoms with Crippen LogP contribution in [-0.2, 0) is 4.79 Å². The van der Waals surface area contributed by atoms with Gasteiger partial charge in [-0.05, 0) is 55.3 Å². The first-order chi connectivity index (χ1) is 14.1. The topological polar surface area (TPSA) is 80.5 Å². The minimum Gasteiger partial charge on any atom is -0.495 e. The summed E-state index contributed by atoms with van der Waals surface area (Å²) in [6, 6.07) is 12.6. The van der Waals surface area contributed by atoms with Crippen LogP contribution in [0.2, 0.25) is 5.02 Å². The highest BCUT2D eigenvalue weighted by atomic mass is 35.5. The van der Waals surface area contributed by atoms with Gasteiger partial charge in [-0.25, -0.2) is 0 Å². The largest absolute Gasteiger partial charge is 0.495 e. The fraction of sp³-hybridized carbons (Fsp3) is 0.286. The van der Waals surface area contributed by atoms with E-state index in [9.17, 15) is 4.79 Å². The summed E-state index contributed by atoms with van der Waals surface area (Å²) >= 11 is 6.06. The molecule has 4 rings (SSSR count). The molecule has 0 spiro atoms. The molecule has 7 nitrogen and oxygen atoms in total.